The van der Waals surface area contributed by atoms with Crippen LogP contribution in [0.2, 0.25) is 0 Å². The van der Waals surface area contributed by atoms with E-state index in [-0.39, 0.29) is 31.6 Å². The lowest BCUT2D eigenvalue weighted by molar-refractivity contribution is -0.161. The molecule has 1 spiro atoms. The Morgan fingerprint density at radius 1 is 1.00 bits per heavy atom. The van der Waals surface area contributed by atoms with Crippen molar-refractivity contribution in [3.05, 3.63) is 89.5 Å². The number of ether oxygens (including phenoxy) is 2. The monoisotopic (exact) mass is 570 g/mol. The van der Waals surface area contributed by atoms with E-state index in [0.29, 0.717) is 19.3 Å². The highest BCUT2D eigenvalue weighted by molar-refractivity contribution is 6.06. The molecule has 8 nitrogen and oxygen atoms in total. The highest BCUT2D eigenvalue weighted by Gasteiger charge is 2.76. The molecule has 6 atom stereocenters. The maximum atomic E-state index is 14.9. The molecule has 0 saturated carbocycles. The summed E-state index contributed by atoms with van der Waals surface area (Å²) < 4.78 is 12.6. The van der Waals surface area contributed by atoms with Gasteiger partial charge in [0.05, 0.1) is 25.2 Å². The zero-order valence-corrected chi connectivity index (χ0v) is 24.4. The third kappa shape index (κ3) is 4.31. The maximum Gasteiger partial charge on any atom is 0.313 e. The number of aliphatic hydroxyl groups is 1. The van der Waals surface area contributed by atoms with Crippen molar-refractivity contribution in [3.63, 3.8) is 0 Å². The minimum atomic E-state index is -1.42. The van der Waals surface area contributed by atoms with E-state index in [1.165, 1.54) is 4.90 Å². The highest BCUT2D eigenvalue weighted by atomic mass is 16.6. The van der Waals surface area contributed by atoms with E-state index < -0.39 is 41.1 Å². The van der Waals surface area contributed by atoms with Crippen LogP contribution in [0.5, 0.6) is 0 Å². The Balaban J connectivity index is 1.53. The molecule has 8 heteroatoms. The van der Waals surface area contributed by atoms with Crippen LogP contribution in [0.15, 0.2) is 72.8 Å². The van der Waals surface area contributed by atoms with Gasteiger partial charge in [0, 0.05) is 12.2 Å². The second kappa shape index (κ2) is 10.8. The number of nitrogens with zero attached hydrogens (tertiary/aromatic N) is 2. The number of cyclic esters (lactones) is 1. The summed E-state index contributed by atoms with van der Waals surface area (Å²) in [6.07, 6.45) is 8.88. The summed E-state index contributed by atoms with van der Waals surface area (Å²) >= 11 is 0. The first-order valence-corrected chi connectivity index (χ1v) is 14.8. The van der Waals surface area contributed by atoms with Gasteiger partial charge in [-0.2, -0.15) is 0 Å². The van der Waals surface area contributed by atoms with Gasteiger partial charge in [-0.15, -0.1) is 0 Å². The van der Waals surface area contributed by atoms with Crippen molar-refractivity contribution in [2.75, 3.05) is 24.7 Å². The molecule has 2 saturated heterocycles. The summed E-state index contributed by atoms with van der Waals surface area (Å²) in [4.78, 5) is 46.5. The van der Waals surface area contributed by atoms with Gasteiger partial charge >= 0.3 is 5.97 Å². The first-order chi connectivity index (χ1) is 20.3. The van der Waals surface area contributed by atoms with Crippen molar-refractivity contribution in [2.24, 2.45) is 11.8 Å². The van der Waals surface area contributed by atoms with Gasteiger partial charge in [-0.3, -0.25) is 14.4 Å². The number of hydrogen-bond acceptors (Lipinski definition) is 6. The predicted octanol–water partition coefficient (Wildman–Crippen LogP) is 3.67. The molecule has 2 fully saturated rings. The Hall–Kier alpha value is -3.75. The molecule has 4 aliphatic rings. The molecule has 42 heavy (non-hydrogen) atoms. The molecule has 0 aromatic heterocycles. The standard InChI is InChI=1S/C34H38N2O6/c1-4-33-15-8-9-18-41-32(40)28(33)27-30(38)36(25(21-37)20-24-11-6-5-7-12-24)29-31(39)35(17-10-16-34(27,29)42-33)26-19-22(2)13-14-23(26)3/h5-8,10-16,19,25,27-29,37H,4,9,17-18,20-21H2,1-3H3/t25-,27+,28-,29?,33+,34+/m1/s1. The number of benzene rings is 2. The van der Waals surface area contributed by atoms with Crippen molar-refractivity contribution in [1.29, 1.82) is 0 Å². The van der Waals surface area contributed by atoms with Crippen LogP contribution in [-0.2, 0) is 30.3 Å². The molecular weight excluding hydrogens is 532 g/mol. The molecule has 6 rings (SSSR count). The lowest BCUT2D eigenvalue weighted by Crippen LogP contribution is -2.59. The van der Waals surface area contributed by atoms with Crippen LogP contribution >= 0.6 is 0 Å². The molecule has 2 aromatic carbocycles. The Kier molecular flexibility index (Phi) is 7.31. The molecule has 0 bridgehead atoms. The molecule has 0 aliphatic carbocycles. The van der Waals surface area contributed by atoms with E-state index in [9.17, 15) is 19.5 Å². The molecule has 4 heterocycles. The van der Waals surface area contributed by atoms with Gasteiger partial charge in [0.25, 0.3) is 5.91 Å². The fraction of sp³-hybridized carbons (Fsp3) is 0.441. The molecular formula is C34H38N2O6. The zero-order valence-electron chi connectivity index (χ0n) is 24.4. The molecule has 0 radical (unpaired) electrons. The third-order valence-corrected chi connectivity index (χ3v) is 9.41. The number of fused-ring (bicyclic) bond motifs is 2. The number of hydrogen-bond donors (Lipinski definition) is 1. The predicted molar refractivity (Wildman–Crippen MR) is 158 cm³/mol. The summed E-state index contributed by atoms with van der Waals surface area (Å²) in [5, 5.41) is 10.7. The number of carbonyl (C=O) groups is 3. The first kappa shape index (κ1) is 28.4. The number of anilines is 1. The van der Waals surface area contributed by atoms with Crippen molar-refractivity contribution < 1.29 is 29.0 Å². The number of carbonyl (C=O) groups excluding carboxylic acids is 3. The Bertz CT molecular complexity index is 1450. The lowest BCUT2D eigenvalue weighted by atomic mass is 9.73. The van der Waals surface area contributed by atoms with Crippen molar-refractivity contribution >= 4 is 23.5 Å². The van der Waals surface area contributed by atoms with Crippen LogP contribution in [0.1, 0.15) is 36.5 Å². The summed E-state index contributed by atoms with van der Waals surface area (Å²) in [5.41, 5.74) is 1.10. The normalized spacial score (nSPS) is 31.1. The van der Waals surface area contributed by atoms with Crippen LogP contribution in [0.3, 0.4) is 0 Å². The van der Waals surface area contributed by atoms with E-state index >= 15 is 0 Å². The number of rotatable bonds is 6. The minimum absolute atomic E-state index is 0.217. The van der Waals surface area contributed by atoms with Gasteiger partial charge in [-0.25, -0.2) is 0 Å². The lowest BCUT2D eigenvalue weighted by Gasteiger charge is -2.41. The molecule has 2 aromatic rings. The molecule has 220 valence electrons. The fourth-order valence-corrected chi connectivity index (χ4v) is 7.42. The van der Waals surface area contributed by atoms with Crippen LogP contribution in [0.25, 0.3) is 0 Å². The largest absolute Gasteiger partial charge is 0.465 e. The number of esters is 1. The summed E-state index contributed by atoms with van der Waals surface area (Å²) in [6.45, 7) is 6.01. The minimum Gasteiger partial charge on any atom is -0.465 e. The first-order valence-electron chi connectivity index (χ1n) is 14.8. The highest BCUT2D eigenvalue weighted by Crippen LogP contribution is 2.58. The number of amides is 2. The number of aliphatic hydroxyl groups excluding tert-OH is 1. The quantitative estimate of drug-likeness (QED) is 0.421. The Morgan fingerprint density at radius 3 is 2.52 bits per heavy atom. The molecule has 2 amide bonds. The van der Waals surface area contributed by atoms with Gasteiger partial charge < -0.3 is 24.4 Å². The van der Waals surface area contributed by atoms with E-state index in [0.717, 1.165) is 22.4 Å². The molecule has 1 unspecified atom stereocenters. The molecule has 4 aliphatic heterocycles. The smallest absolute Gasteiger partial charge is 0.313 e. The van der Waals surface area contributed by atoms with E-state index in [1.807, 2.05) is 93.6 Å². The Morgan fingerprint density at radius 2 is 1.79 bits per heavy atom. The third-order valence-electron chi connectivity index (χ3n) is 9.41. The van der Waals surface area contributed by atoms with Gasteiger partial charge in [0.15, 0.2) is 0 Å². The van der Waals surface area contributed by atoms with Gasteiger partial charge in [-0.1, -0.05) is 73.7 Å². The zero-order chi connectivity index (χ0) is 29.6. The van der Waals surface area contributed by atoms with E-state index in [4.69, 9.17) is 9.47 Å². The summed E-state index contributed by atoms with van der Waals surface area (Å²) in [7, 11) is 0. The maximum absolute atomic E-state index is 14.9. The van der Waals surface area contributed by atoms with E-state index in [2.05, 4.69) is 0 Å². The number of aryl methyl sites for hydroxylation is 2. The average molecular weight is 571 g/mol. The van der Waals surface area contributed by atoms with Crippen LogP contribution < -0.4 is 4.90 Å². The van der Waals surface area contributed by atoms with E-state index in [1.54, 1.807) is 4.90 Å². The summed E-state index contributed by atoms with van der Waals surface area (Å²) in [5.74, 6) is -3.07. The second-order valence-electron chi connectivity index (χ2n) is 11.9. The summed E-state index contributed by atoms with van der Waals surface area (Å²) in [6, 6.07) is 13.8. The average Bonchev–Trinajstić information content (AvgIpc) is 3.34. The Labute approximate surface area is 246 Å². The fourth-order valence-electron chi connectivity index (χ4n) is 7.42. The topological polar surface area (TPSA) is 96.4 Å². The van der Waals surface area contributed by atoms with Crippen LogP contribution in [-0.4, -0.2) is 70.8 Å². The molecule has 1 N–H and O–H groups in total. The van der Waals surface area contributed by atoms with Gasteiger partial charge in [-0.05, 0) is 55.9 Å². The number of likely N-dealkylation sites (tertiary alicyclic amines) is 1. The van der Waals surface area contributed by atoms with Crippen LogP contribution in [0.4, 0.5) is 5.69 Å². The second-order valence-corrected chi connectivity index (χ2v) is 11.9. The van der Waals surface area contributed by atoms with Crippen molar-refractivity contribution in [3.8, 4) is 0 Å². The van der Waals surface area contributed by atoms with Gasteiger partial charge in [0.2, 0.25) is 5.91 Å². The van der Waals surface area contributed by atoms with Gasteiger partial charge in [0.1, 0.15) is 23.2 Å². The van der Waals surface area contributed by atoms with Crippen molar-refractivity contribution in [1.82, 2.24) is 4.90 Å². The van der Waals surface area contributed by atoms with Crippen molar-refractivity contribution in [2.45, 2.75) is 63.3 Å². The van der Waals surface area contributed by atoms with Crippen LogP contribution in [0, 0.1) is 25.7 Å². The SMILES string of the molecule is CC[C@]12C=CCCOC(=O)[C@H]1[C@H]1C(=O)N([C@@H](CO)Cc3ccccc3)C3C(=O)N(c4cc(C)ccc4C)CC=C[C@@]31O2.